The molecule has 0 bridgehead atoms. The van der Waals surface area contributed by atoms with Gasteiger partial charge in [0.05, 0.1) is 22.1 Å². The Morgan fingerprint density at radius 2 is 0.865 bits per heavy atom. The number of pyridine rings is 4. The van der Waals surface area contributed by atoms with E-state index in [9.17, 15) is 0 Å². The van der Waals surface area contributed by atoms with Crippen LogP contribution in [0, 0.1) is 0 Å². The van der Waals surface area contributed by atoms with E-state index in [1.165, 1.54) is 0 Å². The molecule has 0 fully saturated rings. The van der Waals surface area contributed by atoms with Crippen LogP contribution in [0.2, 0.25) is 0 Å². The Morgan fingerprint density at radius 1 is 0.404 bits per heavy atom. The van der Waals surface area contributed by atoms with Crippen molar-refractivity contribution in [1.82, 2.24) is 34.9 Å². The fourth-order valence-corrected chi connectivity index (χ4v) is 6.98. The van der Waals surface area contributed by atoms with Crippen molar-refractivity contribution in [3.05, 3.63) is 158 Å². The summed E-state index contributed by atoms with van der Waals surface area (Å²) in [5.41, 5.74) is 10.8. The first-order valence-electron chi connectivity index (χ1n) is 17.3. The number of hydrogen-bond acceptors (Lipinski definition) is 7. The van der Waals surface area contributed by atoms with Crippen molar-refractivity contribution >= 4 is 49.2 Å². The molecule has 0 amide bonds. The van der Waals surface area contributed by atoms with E-state index in [0.29, 0.717) is 17.5 Å². The van der Waals surface area contributed by atoms with Crippen molar-refractivity contribution in [2.45, 2.75) is 12.8 Å². The van der Waals surface area contributed by atoms with Crippen LogP contribution in [0.1, 0.15) is 18.7 Å². The molecule has 1 aliphatic rings. The predicted molar refractivity (Wildman–Crippen MR) is 209 cm³/mol. The first-order valence-corrected chi connectivity index (χ1v) is 17.3. The Hall–Kier alpha value is -6.99. The summed E-state index contributed by atoms with van der Waals surface area (Å²) >= 11 is 0. The zero-order valence-electron chi connectivity index (χ0n) is 28.0. The highest BCUT2D eigenvalue weighted by molar-refractivity contribution is 6.04. The Labute approximate surface area is 299 Å². The van der Waals surface area contributed by atoms with Crippen LogP contribution in [0.4, 0.5) is 0 Å². The topological polar surface area (TPSA) is 90.2 Å². The minimum absolute atomic E-state index is 0.639. The lowest BCUT2D eigenvalue weighted by atomic mass is 10.0. The normalized spacial score (nSPS) is 12.9. The average Bonchev–Trinajstić information content (AvgIpc) is 3.23. The maximum absolute atomic E-state index is 5.01. The van der Waals surface area contributed by atoms with Crippen molar-refractivity contribution in [3.63, 3.8) is 0 Å². The molecule has 7 nitrogen and oxygen atoms in total. The Kier molecular flexibility index (Phi) is 7.13. The van der Waals surface area contributed by atoms with E-state index in [0.717, 1.165) is 95.4 Å². The summed E-state index contributed by atoms with van der Waals surface area (Å²) in [4.78, 5) is 33.7. The molecule has 0 saturated carbocycles. The number of fused-ring (bicyclic) bond motifs is 6. The number of rotatable bonds is 5. The highest BCUT2D eigenvalue weighted by Crippen LogP contribution is 2.32. The van der Waals surface area contributed by atoms with Gasteiger partial charge in [0, 0.05) is 68.6 Å². The highest BCUT2D eigenvalue weighted by Gasteiger charge is 2.15. The summed E-state index contributed by atoms with van der Waals surface area (Å²) in [6.07, 6.45) is 15.7. The van der Waals surface area contributed by atoms with Crippen molar-refractivity contribution in [1.29, 1.82) is 0 Å². The molecule has 0 atom stereocenters. The third kappa shape index (κ3) is 5.36. The molecule has 244 valence electrons. The summed E-state index contributed by atoms with van der Waals surface area (Å²) in [6.45, 7) is 0. The van der Waals surface area contributed by atoms with Crippen LogP contribution >= 0.6 is 0 Å². The molecule has 4 aromatic carbocycles. The highest BCUT2D eigenvalue weighted by atomic mass is 15.0. The van der Waals surface area contributed by atoms with Gasteiger partial charge < -0.3 is 0 Å². The Balaban J connectivity index is 0.988. The maximum atomic E-state index is 5.01. The van der Waals surface area contributed by atoms with Gasteiger partial charge in [-0.3, -0.25) is 19.9 Å². The molecule has 0 saturated heterocycles. The van der Waals surface area contributed by atoms with E-state index >= 15 is 0 Å². The van der Waals surface area contributed by atoms with Crippen LogP contribution in [-0.2, 0) is 0 Å². The quantitative estimate of drug-likeness (QED) is 0.169. The van der Waals surface area contributed by atoms with E-state index in [4.69, 9.17) is 24.9 Å². The number of nitrogens with zero attached hydrogens (tertiary/aromatic N) is 7. The largest absolute Gasteiger partial charge is 0.254 e. The van der Waals surface area contributed by atoms with Crippen LogP contribution in [0.15, 0.2) is 152 Å². The summed E-state index contributed by atoms with van der Waals surface area (Å²) in [5, 5.41) is 4.29. The van der Waals surface area contributed by atoms with Gasteiger partial charge in [0.25, 0.3) is 0 Å². The van der Waals surface area contributed by atoms with Crippen LogP contribution in [-0.4, -0.2) is 34.9 Å². The second kappa shape index (κ2) is 12.4. The minimum Gasteiger partial charge on any atom is -0.254 e. The van der Waals surface area contributed by atoms with Crippen LogP contribution in [0.5, 0.6) is 0 Å². The Morgan fingerprint density at radius 3 is 1.37 bits per heavy atom. The van der Waals surface area contributed by atoms with Gasteiger partial charge in [0.1, 0.15) is 0 Å². The molecule has 52 heavy (non-hydrogen) atoms. The molecule has 0 radical (unpaired) electrons. The fraction of sp³-hybridized carbons (Fsp3) is 0.0444. The lowest BCUT2D eigenvalue weighted by Gasteiger charge is -2.12. The van der Waals surface area contributed by atoms with Gasteiger partial charge in [-0.25, -0.2) is 15.0 Å². The molecular weight excluding hydrogens is 639 g/mol. The van der Waals surface area contributed by atoms with Crippen LogP contribution in [0.3, 0.4) is 0 Å². The van der Waals surface area contributed by atoms with Crippen molar-refractivity contribution in [2.75, 3.05) is 0 Å². The Bertz CT molecular complexity index is 2710. The van der Waals surface area contributed by atoms with Gasteiger partial charge >= 0.3 is 0 Å². The van der Waals surface area contributed by atoms with Gasteiger partial charge in [-0.05, 0) is 53.8 Å². The molecular formula is C45H29N7. The van der Waals surface area contributed by atoms with Crippen molar-refractivity contribution in [2.24, 2.45) is 0 Å². The number of benzene rings is 4. The fourth-order valence-electron chi connectivity index (χ4n) is 6.98. The number of allylic oxidation sites excluding steroid dienone is 4. The molecule has 10 rings (SSSR count). The van der Waals surface area contributed by atoms with Crippen molar-refractivity contribution in [3.8, 4) is 45.0 Å². The summed E-state index contributed by atoms with van der Waals surface area (Å²) in [5.74, 6) is 1.98. The lowest BCUT2D eigenvalue weighted by molar-refractivity contribution is 0.978. The molecule has 5 heterocycles. The molecule has 1 aliphatic carbocycles. The monoisotopic (exact) mass is 667 g/mol. The van der Waals surface area contributed by atoms with E-state index in [-0.39, 0.29) is 0 Å². The summed E-state index contributed by atoms with van der Waals surface area (Å²) in [7, 11) is 0. The minimum atomic E-state index is 0.639. The predicted octanol–water partition coefficient (Wildman–Crippen LogP) is 10.5. The zero-order valence-corrected chi connectivity index (χ0v) is 28.0. The lowest BCUT2D eigenvalue weighted by Crippen LogP contribution is -2.03. The van der Waals surface area contributed by atoms with E-state index in [2.05, 4.69) is 125 Å². The molecule has 0 N–H and O–H groups in total. The summed E-state index contributed by atoms with van der Waals surface area (Å²) in [6, 6.07) is 37.5. The summed E-state index contributed by atoms with van der Waals surface area (Å²) < 4.78 is 0. The second-order valence-electron chi connectivity index (χ2n) is 13.0. The molecule has 0 unspecified atom stereocenters. The van der Waals surface area contributed by atoms with Gasteiger partial charge in [-0.2, -0.15) is 0 Å². The smallest absolute Gasteiger partial charge is 0.164 e. The molecule has 9 aromatic rings. The molecule has 0 aliphatic heterocycles. The van der Waals surface area contributed by atoms with E-state index in [1.807, 2.05) is 36.9 Å². The molecule has 5 aromatic heterocycles. The van der Waals surface area contributed by atoms with Gasteiger partial charge in [0.15, 0.2) is 17.5 Å². The zero-order chi connectivity index (χ0) is 34.4. The second-order valence-corrected chi connectivity index (χ2v) is 13.0. The van der Waals surface area contributed by atoms with Crippen LogP contribution in [0.25, 0.3) is 94.2 Å². The van der Waals surface area contributed by atoms with E-state index in [1.54, 1.807) is 0 Å². The molecule has 0 spiro atoms. The van der Waals surface area contributed by atoms with Gasteiger partial charge in [0.2, 0.25) is 0 Å². The third-order valence-corrected chi connectivity index (χ3v) is 9.74. The van der Waals surface area contributed by atoms with Gasteiger partial charge in [-0.1, -0.05) is 103 Å². The maximum Gasteiger partial charge on any atom is 0.164 e. The number of aromatic nitrogens is 7. The van der Waals surface area contributed by atoms with Gasteiger partial charge in [-0.15, -0.1) is 0 Å². The average molecular weight is 668 g/mol. The molecule has 7 heteroatoms. The third-order valence-electron chi connectivity index (χ3n) is 9.74. The van der Waals surface area contributed by atoms with E-state index < -0.39 is 0 Å². The standard InChI is InChI=1S/C45H29N7/c1-2-6-32(7-3-1)43-50-44(33-16-10-28(11-17-33)37-24-35-20-14-30-8-4-22-46-39(30)41(35)48-26-37)52-45(51-43)34-18-12-29(13-19-34)38-25-36-21-15-31-9-5-23-47-40(31)42(36)49-27-38/h1-2,4-6,8-27H,3,7H2. The first-order chi connectivity index (χ1) is 25.7. The SMILES string of the molecule is C1=CCCC(c2nc(-c3ccc(-c4cnc5c(ccc6cccnc65)c4)cc3)nc(-c3ccc(-c4cnc5c(ccc6cccnc65)c4)cc3)n2)=C1. The first kappa shape index (κ1) is 29.9. The van der Waals surface area contributed by atoms with Crippen LogP contribution < -0.4 is 0 Å². The number of hydrogen-bond donors (Lipinski definition) is 0. The van der Waals surface area contributed by atoms with Crippen molar-refractivity contribution < 1.29 is 0 Å².